The topological polar surface area (TPSA) is 54.7 Å². The number of nitrogens with zero attached hydrogens (tertiary/aromatic N) is 1. The molecule has 0 aliphatic rings. The van der Waals surface area contributed by atoms with Crippen LogP contribution in [0.25, 0.3) is 11.4 Å². The van der Waals surface area contributed by atoms with E-state index >= 15 is 0 Å². The van der Waals surface area contributed by atoms with E-state index in [2.05, 4.69) is 43.7 Å². The highest BCUT2D eigenvalue weighted by molar-refractivity contribution is 5.72. The molecule has 0 atom stereocenters. The lowest BCUT2D eigenvalue weighted by Gasteiger charge is -2.15. The molecule has 90 valence electrons. The number of nitrogens with one attached hydrogen (secondary N) is 1. The second-order valence-electron chi connectivity index (χ2n) is 5.49. The number of hydrogen-bond donors (Lipinski definition) is 2. The number of aryl methyl sites for hydroxylation is 1. The fraction of sp³-hybridized carbons (Fsp3) is 0.357. The van der Waals surface area contributed by atoms with Gasteiger partial charge in [-0.05, 0) is 19.1 Å². The zero-order valence-corrected chi connectivity index (χ0v) is 10.8. The minimum absolute atomic E-state index is 0.0733. The van der Waals surface area contributed by atoms with Crippen molar-refractivity contribution in [2.75, 3.05) is 5.73 Å². The Morgan fingerprint density at radius 2 is 1.94 bits per heavy atom. The number of rotatable bonds is 1. The molecule has 1 aromatic heterocycles. The third-order valence-electron chi connectivity index (χ3n) is 2.85. The zero-order chi connectivity index (χ0) is 12.6. The van der Waals surface area contributed by atoms with Crippen LogP contribution in [-0.4, -0.2) is 9.97 Å². The van der Waals surface area contributed by atoms with Crippen molar-refractivity contribution in [1.29, 1.82) is 0 Å². The van der Waals surface area contributed by atoms with Crippen LogP contribution in [0.4, 0.5) is 5.69 Å². The third kappa shape index (κ3) is 2.33. The van der Waals surface area contributed by atoms with Gasteiger partial charge in [0.2, 0.25) is 0 Å². The van der Waals surface area contributed by atoms with Gasteiger partial charge in [-0.2, -0.15) is 0 Å². The molecule has 0 fully saturated rings. The normalized spacial score (nSPS) is 11.8. The number of aromatic amines is 1. The van der Waals surface area contributed by atoms with E-state index in [-0.39, 0.29) is 5.41 Å². The van der Waals surface area contributed by atoms with E-state index in [1.54, 1.807) is 0 Å². The maximum atomic E-state index is 5.98. The Labute approximate surface area is 102 Å². The summed E-state index contributed by atoms with van der Waals surface area (Å²) >= 11 is 0. The van der Waals surface area contributed by atoms with Gasteiger partial charge >= 0.3 is 0 Å². The number of benzene rings is 1. The van der Waals surface area contributed by atoms with E-state index in [9.17, 15) is 0 Å². The lowest BCUT2D eigenvalue weighted by atomic mass is 9.93. The first-order valence-electron chi connectivity index (χ1n) is 5.80. The van der Waals surface area contributed by atoms with E-state index in [1.807, 2.05) is 18.3 Å². The SMILES string of the molecule is Cc1ccc(N)c(-c2ncc(C(C)(C)C)[nH]2)c1. The number of imidazole rings is 1. The average Bonchev–Trinajstić information content (AvgIpc) is 2.70. The quantitative estimate of drug-likeness (QED) is 0.737. The van der Waals surface area contributed by atoms with E-state index in [1.165, 1.54) is 5.56 Å². The van der Waals surface area contributed by atoms with Crippen molar-refractivity contribution < 1.29 is 0 Å². The smallest absolute Gasteiger partial charge is 0.139 e. The fourth-order valence-corrected chi connectivity index (χ4v) is 1.71. The summed E-state index contributed by atoms with van der Waals surface area (Å²) < 4.78 is 0. The van der Waals surface area contributed by atoms with Crippen molar-refractivity contribution in [2.45, 2.75) is 33.1 Å². The Morgan fingerprint density at radius 1 is 1.24 bits per heavy atom. The summed E-state index contributed by atoms with van der Waals surface area (Å²) in [6.07, 6.45) is 1.89. The second kappa shape index (κ2) is 3.91. The van der Waals surface area contributed by atoms with Crippen LogP contribution in [0.15, 0.2) is 24.4 Å². The number of aromatic nitrogens is 2. The summed E-state index contributed by atoms with van der Waals surface area (Å²) in [6.45, 7) is 8.52. The molecular formula is C14H19N3. The van der Waals surface area contributed by atoms with Gasteiger partial charge in [0.25, 0.3) is 0 Å². The van der Waals surface area contributed by atoms with Crippen molar-refractivity contribution in [3.05, 3.63) is 35.7 Å². The van der Waals surface area contributed by atoms with E-state index in [4.69, 9.17) is 5.73 Å². The average molecular weight is 229 g/mol. The van der Waals surface area contributed by atoms with Crippen molar-refractivity contribution in [3.8, 4) is 11.4 Å². The van der Waals surface area contributed by atoms with Crippen LogP contribution in [0, 0.1) is 6.92 Å². The standard InChI is InChI=1S/C14H19N3/c1-9-5-6-11(15)10(7-9)13-16-8-12(17-13)14(2,3)4/h5-8H,15H2,1-4H3,(H,16,17). The first-order valence-corrected chi connectivity index (χ1v) is 5.80. The number of anilines is 1. The number of nitrogen functional groups attached to an aromatic ring is 1. The van der Waals surface area contributed by atoms with Gasteiger partial charge in [-0.3, -0.25) is 0 Å². The maximum absolute atomic E-state index is 5.98. The van der Waals surface area contributed by atoms with E-state index in [0.29, 0.717) is 0 Å². The van der Waals surface area contributed by atoms with Crippen LogP contribution < -0.4 is 5.73 Å². The van der Waals surface area contributed by atoms with Crippen LogP contribution >= 0.6 is 0 Å². The highest BCUT2D eigenvalue weighted by Crippen LogP contribution is 2.27. The van der Waals surface area contributed by atoms with E-state index in [0.717, 1.165) is 22.8 Å². The zero-order valence-electron chi connectivity index (χ0n) is 10.8. The largest absolute Gasteiger partial charge is 0.398 e. The molecule has 0 aliphatic heterocycles. The van der Waals surface area contributed by atoms with Crippen LogP contribution in [0.3, 0.4) is 0 Å². The summed E-state index contributed by atoms with van der Waals surface area (Å²) in [7, 11) is 0. The Bertz CT molecular complexity index is 533. The summed E-state index contributed by atoms with van der Waals surface area (Å²) in [6, 6.07) is 5.98. The van der Waals surface area contributed by atoms with Gasteiger partial charge in [0, 0.05) is 28.6 Å². The summed E-state index contributed by atoms with van der Waals surface area (Å²) in [5, 5.41) is 0. The molecule has 2 aromatic rings. The molecule has 3 nitrogen and oxygen atoms in total. The lowest BCUT2D eigenvalue weighted by molar-refractivity contribution is 0.573. The van der Waals surface area contributed by atoms with Gasteiger partial charge in [-0.15, -0.1) is 0 Å². The molecule has 0 spiro atoms. The minimum atomic E-state index is 0.0733. The van der Waals surface area contributed by atoms with Crippen molar-refractivity contribution >= 4 is 5.69 Å². The van der Waals surface area contributed by atoms with Crippen molar-refractivity contribution in [2.24, 2.45) is 0 Å². The molecular weight excluding hydrogens is 210 g/mol. The first kappa shape index (κ1) is 11.7. The summed E-state index contributed by atoms with van der Waals surface area (Å²) in [5.41, 5.74) is 10.1. The molecule has 3 heteroatoms. The number of H-pyrrole nitrogens is 1. The third-order valence-corrected chi connectivity index (χ3v) is 2.85. The molecule has 3 N–H and O–H groups in total. The Kier molecular flexibility index (Phi) is 2.69. The van der Waals surface area contributed by atoms with Gasteiger partial charge in [0.1, 0.15) is 5.82 Å². The maximum Gasteiger partial charge on any atom is 0.139 e. The Balaban J connectivity index is 2.47. The van der Waals surface area contributed by atoms with Crippen molar-refractivity contribution in [3.63, 3.8) is 0 Å². The molecule has 0 amide bonds. The van der Waals surface area contributed by atoms with Gasteiger partial charge in [0.15, 0.2) is 0 Å². The molecule has 0 saturated heterocycles. The van der Waals surface area contributed by atoms with Gasteiger partial charge < -0.3 is 10.7 Å². The molecule has 0 bridgehead atoms. The van der Waals surface area contributed by atoms with Gasteiger partial charge in [-0.1, -0.05) is 32.4 Å². The monoisotopic (exact) mass is 229 g/mol. The molecule has 0 unspecified atom stereocenters. The molecule has 2 rings (SSSR count). The molecule has 0 saturated carbocycles. The molecule has 1 heterocycles. The number of nitrogens with two attached hydrogens (primary N) is 1. The molecule has 0 aliphatic carbocycles. The Morgan fingerprint density at radius 3 is 2.53 bits per heavy atom. The van der Waals surface area contributed by atoms with E-state index < -0.39 is 0 Å². The lowest BCUT2D eigenvalue weighted by Crippen LogP contribution is -2.11. The first-order chi connectivity index (χ1) is 7.88. The summed E-state index contributed by atoms with van der Waals surface area (Å²) in [5.74, 6) is 0.844. The summed E-state index contributed by atoms with van der Waals surface area (Å²) in [4.78, 5) is 7.77. The predicted octanol–water partition coefficient (Wildman–Crippen LogP) is 3.26. The molecule has 17 heavy (non-hydrogen) atoms. The van der Waals surface area contributed by atoms with Crippen LogP contribution in [0.5, 0.6) is 0 Å². The van der Waals surface area contributed by atoms with Gasteiger partial charge in [0.05, 0.1) is 0 Å². The minimum Gasteiger partial charge on any atom is -0.398 e. The van der Waals surface area contributed by atoms with Gasteiger partial charge in [-0.25, -0.2) is 4.98 Å². The van der Waals surface area contributed by atoms with Crippen LogP contribution in [-0.2, 0) is 5.41 Å². The van der Waals surface area contributed by atoms with Crippen molar-refractivity contribution in [1.82, 2.24) is 9.97 Å². The predicted molar refractivity (Wildman–Crippen MR) is 71.9 cm³/mol. The fourth-order valence-electron chi connectivity index (χ4n) is 1.71. The number of hydrogen-bond acceptors (Lipinski definition) is 2. The van der Waals surface area contributed by atoms with Crippen LogP contribution in [0.1, 0.15) is 32.0 Å². The highest BCUT2D eigenvalue weighted by Gasteiger charge is 2.17. The molecule has 0 radical (unpaired) electrons. The molecule has 1 aromatic carbocycles. The highest BCUT2D eigenvalue weighted by atomic mass is 14.9. The second-order valence-corrected chi connectivity index (χ2v) is 5.49. The van der Waals surface area contributed by atoms with Crippen LogP contribution in [0.2, 0.25) is 0 Å². The Hall–Kier alpha value is -1.77.